The van der Waals surface area contributed by atoms with E-state index >= 15 is 0 Å². The predicted octanol–water partition coefficient (Wildman–Crippen LogP) is 2.86. The van der Waals surface area contributed by atoms with Crippen molar-refractivity contribution in [2.24, 2.45) is 5.73 Å². The smallest absolute Gasteiger partial charge is 0.104 e. The third kappa shape index (κ3) is 2.71. The van der Waals surface area contributed by atoms with Crippen LogP contribution in [0.3, 0.4) is 0 Å². The van der Waals surface area contributed by atoms with E-state index in [2.05, 4.69) is 17.2 Å². The van der Waals surface area contributed by atoms with Gasteiger partial charge in [-0.3, -0.25) is 0 Å². The minimum atomic E-state index is 0.393. The van der Waals surface area contributed by atoms with Crippen molar-refractivity contribution in [1.29, 1.82) is 0 Å². The topological polar surface area (TPSA) is 56.7 Å². The zero-order valence-corrected chi connectivity index (χ0v) is 11.2. The van der Waals surface area contributed by atoms with Crippen LogP contribution in [0.1, 0.15) is 25.5 Å². The lowest BCUT2D eigenvalue weighted by molar-refractivity contribution is 0.557. The molecule has 0 spiro atoms. The molecule has 2 aromatic rings. The number of nitrogens with two attached hydrogens (primary N) is 1. The van der Waals surface area contributed by atoms with Crippen LogP contribution < -0.4 is 5.73 Å². The van der Waals surface area contributed by atoms with Crippen molar-refractivity contribution in [3.63, 3.8) is 0 Å². The van der Waals surface area contributed by atoms with Crippen LogP contribution in [0.4, 0.5) is 0 Å². The van der Waals surface area contributed by atoms with Gasteiger partial charge in [0.2, 0.25) is 0 Å². The van der Waals surface area contributed by atoms with Crippen LogP contribution in [0.15, 0.2) is 24.3 Å². The van der Waals surface area contributed by atoms with Crippen molar-refractivity contribution < 1.29 is 0 Å². The molecule has 2 rings (SSSR count). The van der Waals surface area contributed by atoms with Gasteiger partial charge in [-0.1, -0.05) is 42.3 Å². The highest BCUT2D eigenvalue weighted by Gasteiger charge is 2.13. The Morgan fingerprint density at radius 1 is 1.28 bits per heavy atom. The van der Waals surface area contributed by atoms with Crippen molar-refractivity contribution in [3.8, 4) is 11.3 Å². The summed E-state index contributed by atoms with van der Waals surface area (Å²) in [5.41, 5.74) is 8.60. The predicted molar refractivity (Wildman–Crippen MR) is 73.3 cm³/mol. The minimum absolute atomic E-state index is 0.393. The van der Waals surface area contributed by atoms with Gasteiger partial charge in [-0.2, -0.15) is 0 Å². The van der Waals surface area contributed by atoms with Gasteiger partial charge in [-0.05, 0) is 18.6 Å². The SMILES string of the molecule is CCCCn1nnc(CN)c1-c1ccc(Cl)cc1. The highest BCUT2D eigenvalue weighted by Crippen LogP contribution is 2.24. The molecule has 0 saturated carbocycles. The summed E-state index contributed by atoms with van der Waals surface area (Å²) >= 11 is 5.91. The second-order valence-electron chi connectivity index (χ2n) is 4.17. The zero-order chi connectivity index (χ0) is 13.0. The van der Waals surface area contributed by atoms with Crippen LogP contribution >= 0.6 is 11.6 Å². The maximum absolute atomic E-state index is 5.91. The van der Waals surface area contributed by atoms with Crippen molar-refractivity contribution in [1.82, 2.24) is 15.0 Å². The van der Waals surface area contributed by atoms with Crippen LogP contribution in [-0.2, 0) is 13.1 Å². The number of halogens is 1. The molecule has 0 saturated heterocycles. The average Bonchev–Trinajstić information content (AvgIpc) is 2.80. The van der Waals surface area contributed by atoms with Gasteiger partial charge < -0.3 is 5.73 Å². The summed E-state index contributed by atoms with van der Waals surface area (Å²) in [6, 6.07) is 7.69. The first-order chi connectivity index (χ1) is 8.76. The Kier molecular flexibility index (Phi) is 4.33. The van der Waals surface area contributed by atoms with Crippen molar-refractivity contribution in [2.75, 3.05) is 0 Å². The summed E-state index contributed by atoms with van der Waals surface area (Å²) in [4.78, 5) is 0. The normalized spacial score (nSPS) is 10.8. The molecule has 0 bridgehead atoms. The molecular weight excluding hydrogens is 248 g/mol. The van der Waals surface area contributed by atoms with Crippen LogP contribution in [-0.4, -0.2) is 15.0 Å². The van der Waals surface area contributed by atoms with Gasteiger partial charge in [0.1, 0.15) is 5.69 Å². The molecule has 4 nitrogen and oxygen atoms in total. The Morgan fingerprint density at radius 2 is 2.00 bits per heavy atom. The lowest BCUT2D eigenvalue weighted by Crippen LogP contribution is -2.04. The van der Waals surface area contributed by atoms with Gasteiger partial charge >= 0.3 is 0 Å². The summed E-state index contributed by atoms with van der Waals surface area (Å²) in [7, 11) is 0. The Hall–Kier alpha value is -1.39. The van der Waals surface area contributed by atoms with E-state index in [4.69, 9.17) is 17.3 Å². The van der Waals surface area contributed by atoms with Gasteiger partial charge in [0, 0.05) is 23.7 Å². The first-order valence-corrected chi connectivity index (χ1v) is 6.52. The standard InChI is InChI=1S/C13H17ClN4/c1-2-3-8-18-13(12(9-15)16-17-18)10-4-6-11(14)7-5-10/h4-7H,2-3,8-9,15H2,1H3. The molecule has 0 radical (unpaired) electrons. The number of aromatic nitrogens is 3. The van der Waals surface area contributed by atoms with E-state index in [1.54, 1.807) is 0 Å². The zero-order valence-electron chi connectivity index (χ0n) is 10.4. The molecule has 1 aromatic carbocycles. The van der Waals surface area contributed by atoms with E-state index < -0.39 is 0 Å². The molecule has 0 amide bonds. The Bertz CT molecular complexity index is 504. The highest BCUT2D eigenvalue weighted by atomic mass is 35.5. The maximum Gasteiger partial charge on any atom is 0.104 e. The molecule has 0 aliphatic rings. The number of hydrogen-bond acceptors (Lipinski definition) is 3. The molecule has 96 valence electrons. The molecule has 2 N–H and O–H groups in total. The third-order valence-corrected chi connectivity index (χ3v) is 3.09. The van der Waals surface area contributed by atoms with E-state index in [1.807, 2.05) is 28.9 Å². The van der Waals surface area contributed by atoms with E-state index in [1.165, 1.54) is 0 Å². The van der Waals surface area contributed by atoms with Gasteiger partial charge in [0.15, 0.2) is 0 Å². The van der Waals surface area contributed by atoms with E-state index in [0.29, 0.717) is 6.54 Å². The molecule has 5 heteroatoms. The summed E-state index contributed by atoms with van der Waals surface area (Å²) in [6.45, 7) is 3.41. The maximum atomic E-state index is 5.91. The fourth-order valence-electron chi connectivity index (χ4n) is 1.87. The van der Waals surface area contributed by atoms with Crippen LogP contribution in [0, 0.1) is 0 Å². The number of aryl methyl sites for hydroxylation is 1. The lowest BCUT2D eigenvalue weighted by Gasteiger charge is -2.07. The molecule has 1 aromatic heterocycles. The molecule has 0 fully saturated rings. The molecule has 0 unspecified atom stereocenters. The van der Waals surface area contributed by atoms with Gasteiger partial charge in [0.05, 0.1) is 5.69 Å². The Morgan fingerprint density at radius 3 is 2.61 bits per heavy atom. The first-order valence-electron chi connectivity index (χ1n) is 6.14. The number of unbranched alkanes of at least 4 members (excludes halogenated alkanes) is 1. The Balaban J connectivity index is 2.39. The highest BCUT2D eigenvalue weighted by molar-refractivity contribution is 6.30. The molecule has 0 aliphatic carbocycles. The van der Waals surface area contributed by atoms with Crippen molar-refractivity contribution in [2.45, 2.75) is 32.9 Å². The van der Waals surface area contributed by atoms with Gasteiger partial charge in [0.25, 0.3) is 0 Å². The number of rotatable bonds is 5. The fourth-order valence-corrected chi connectivity index (χ4v) is 2.00. The summed E-state index contributed by atoms with van der Waals surface area (Å²) in [5, 5.41) is 9.04. The number of nitrogens with zero attached hydrogens (tertiary/aromatic N) is 3. The first kappa shape index (κ1) is 13.1. The number of benzene rings is 1. The van der Waals surface area contributed by atoms with Gasteiger partial charge in [-0.15, -0.1) is 5.10 Å². The molecule has 18 heavy (non-hydrogen) atoms. The minimum Gasteiger partial charge on any atom is -0.325 e. The summed E-state index contributed by atoms with van der Waals surface area (Å²) in [5.74, 6) is 0. The van der Waals surface area contributed by atoms with Gasteiger partial charge in [-0.25, -0.2) is 4.68 Å². The Labute approximate surface area is 112 Å². The van der Waals surface area contributed by atoms with E-state index in [-0.39, 0.29) is 0 Å². The van der Waals surface area contributed by atoms with Crippen LogP contribution in [0.2, 0.25) is 5.02 Å². The van der Waals surface area contributed by atoms with E-state index in [0.717, 1.165) is 41.4 Å². The van der Waals surface area contributed by atoms with Crippen LogP contribution in [0.5, 0.6) is 0 Å². The van der Waals surface area contributed by atoms with E-state index in [9.17, 15) is 0 Å². The molecular formula is C13H17ClN4. The number of hydrogen-bond donors (Lipinski definition) is 1. The summed E-state index contributed by atoms with van der Waals surface area (Å²) < 4.78 is 1.93. The largest absolute Gasteiger partial charge is 0.325 e. The van der Waals surface area contributed by atoms with Crippen LogP contribution in [0.25, 0.3) is 11.3 Å². The molecule has 0 atom stereocenters. The monoisotopic (exact) mass is 264 g/mol. The lowest BCUT2D eigenvalue weighted by atomic mass is 10.1. The molecule has 0 aliphatic heterocycles. The quantitative estimate of drug-likeness (QED) is 0.903. The fraction of sp³-hybridized carbons (Fsp3) is 0.385. The molecule has 1 heterocycles. The second kappa shape index (κ2) is 5.98. The van der Waals surface area contributed by atoms with Crippen molar-refractivity contribution >= 4 is 11.6 Å². The second-order valence-corrected chi connectivity index (χ2v) is 4.61. The summed E-state index contributed by atoms with van der Waals surface area (Å²) in [6.07, 6.45) is 2.20. The van der Waals surface area contributed by atoms with Crippen molar-refractivity contribution in [3.05, 3.63) is 35.0 Å². The third-order valence-electron chi connectivity index (χ3n) is 2.84. The average molecular weight is 265 g/mol.